The largest absolute Gasteiger partial charge is 0.453 e. The lowest BCUT2D eigenvalue weighted by molar-refractivity contribution is 0.165. The van der Waals surface area contributed by atoms with Gasteiger partial charge in [0.05, 0.1) is 7.11 Å². The van der Waals surface area contributed by atoms with Crippen LogP contribution in [0.3, 0.4) is 0 Å². The predicted octanol–water partition coefficient (Wildman–Crippen LogP) is 4.40. The maximum Gasteiger partial charge on any atom is 0.406 e. The summed E-state index contributed by atoms with van der Waals surface area (Å²) in [4.78, 5) is 13.4. The molecule has 0 saturated heterocycles. The van der Waals surface area contributed by atoms with Crippen LogP contribution in [0, 0.1) is 0 Å². The van der Waals surface area contributed by atoms with Gasteiger partial charge in [-0.2, -0.15) is 0 Å². The first-order valence-electron chi connectivity index (χ1n) is 8.68. The van der Waals surface area contributed by atoms with E-state index in [1.165, 1.54) is 24.7 Å². The number of ether oxygens (including phenoxy) is 1. The second kappa shape index (κ2) is 12.9. The van der Waals surface area contributed by atoms with Crippen molar-refractivity contribution in [3.8, 4) is 0 Å². The van der Waals surface area contributed by atoms with Gasteiger partial charge in [0.25, 0.3) is 0 Å². The van der Waals surface area contributed by atoms with E-state index in [4.69, 9.17) is 0 Å². The van der Waals surface area contributed by atoms with Gasteiger partial charge >= 0.3 is 6.09 Å². The molecule has 4 heteroatoms. The lowest BCUT2D eigenvalue weighted by Gasteiger charge is -2.28. The minimum absolute atomic E-state index is 0.338. The molecule has 0 fully saturated rings. The Bertz CT molecular complexity index is 418. The van der Waals surface area contributed by atoms with E-state index >= 15 is 0 Å². The van der Waals surface area contributed by atoms with Crippen molar-refractivity contribution in [1.82, 2.24) is 10.2 Å². The number of aryl methyl sites for hydroxylation is 1. The molecule has 1 aromatic rings. The number of likely N-dealkylation sites (N-methyl/N-ethyl adjacent to an activating group) is 1. The number of hydrogen-bond donors (Lipinski definition) is 1. The zero-order chi connectivity index (χ0) is 17.7. The molecule has 1 N–H and O–H groups in total. The fraction of sp³-hybridized carbons (Fsp3) is 0.632. The smallest absolute Gasteiger partial charge is 0.406 e. The Morgan fingerprint density at radius 3 is 2.17 bits per heavy atom. The number of carbonyl (C=O) groups is 1. The van der Waals surface area contributed by atoms with Crippen molar-refractivity contribution >= 4 is 6.09 Å². The SMILES string of the molecule is CCC.CCc1ccc(C(C)N(CC)CCNC(=O)OC)cc1. The first-order valence-corrected chi connectivity index (χ1v) is 8.68. The summed E-state index contributed by atoms with van der Waals surface area (Å²) in [7, 11) is 1.38. The monoisotopic (exact) mass is 322 g/mol. The zero-order valence-electron chi connectivity index (χ0n) is 15.7. The van der Waals surface area contributed by atoms with Crippen LogP contribution in [0.2, 0.25) is 0 Å². The van der Waals surface area contributed by atoms with Crippen LogP contribution < -0.4 is 5.32 Å². The Morgan fingerprint density at radius 1 is 1.17 bits per heavy atom. The maximum atomic E-state index is 11.0. The second-order valence-electron chi connectivity index (χ2n) is 5.53. The summed E-state index contributed by atoms with van der Waals surface area (Å²) >= 11 is 0. The van der Waals surface area contributed by atoms with E-state index < -0.39 is 0 Å². The first kappa shape index (κ1) is 21.4. The first-order chi connectivity index (χ1) is 11.0. The highest BCUT2D eigenvalue weighted by Crippen LogP contribution is 2.20. The summed E-state index contributed by atoms with van der Waals surface area (Å²) < 4.78 is 4.57. The quantitative estimate of drug-likeness (QED) is 0.809. The highest BCUT2D eigenvalue weighted by atomic mass is 16.5. The number of nitrogens with one attached hydrogen (secondary N) is 1. The van der Waals surface area contributed by atoms with Crippen molar-refractivity contribution in [2.45, 2.75) is 53.5 Å². The molecule has 23 heavy (non-hydrogen) atoms. The molecular formula is C19H34N2O2. The van der Waals surface area contributed by atoms with Crippen LogP contribution in [0.4, 0.5) is 4.79 Å². The predicted molar refractivity (Wildman–Crippen MR) is 97.9 cm³/mol. The van der Waals surface area contributed by atoms with E-state index in [9.17, 15) is 4.79 Å². The topological polar surface area (TPSA) is 41.6 Å². The molecule has 1 unspecified atom stereocenters. The van der Waals surface area contributed by atoms with Gasteiger partial charge in [0, 0.05) is 19.1 Å². The number of nitrogens with zero attached hydrogens (tertiary/aromatic N) is 1. The number of rotatable bonds is 7. The van der Waals surface area contributed by atoms with Gasteiger partial charge in [-0.15, -0.1) is 0 Å². The van der Waals surface area contributed by atoms with Gasteiger partial charge in [-0.1, -0.05) is 58.4 Å². The van der Waals surface area contributed by atoms with Crippen LogP contribution in [0.5, 0.6) is 0 Å². The molecule has 0 heterocycles. The molecule has 1 aromatic carbocycles. The van der Waals surface area contributed by atoms with E-state index in [2.05, 4.69) is 73.8 Å². The molecule has 1 amide bonds. The van der Waals surface area contributed by atoms with Crippen LogP contribution in [-0.4, -0.2) is 37.7 Å². The molecule has 0 spiro atoms. The van der Waals surface area contributed by atoms with Crippen LogP contribution >= 0.6 is 0 Å². The Kier molecular flexibility index (Phi) is 12.1. The van der Waals surface area contributed by atoms with Crippen LogP contribution in [0.15, 0.2) is 24.3 Å². The highest BCUT2D eigenvalue weighted by Gasteiger charge is 2.14. The zero-order valence-corrected chi connectivity index (χ0v) is 15.7. The van der Waals surface area contributed by atoms with E-state index in [1.54, 1.807) is 0 Å². The lowest BCUT2D eigenvalue weighted by Crippen LogP contribution is -2.36. The fourth-order valence-corrected chi connectivity index (χ4v) is 2.24. The summed E-state index contributed by atoms with van der Waals surface area (Å²) in [5.41, 5.74) is 2.67. The molecule has 0 radical (unpaired) electrons. The number of methoxy groups -OCH3 is 1. The molecular weight excluding hydrogens is 288 g/mol. The maximum absolute atomic E-state index is 11.0. The van der Waals surface area contributed by atoms with Gasteiger partial charge in [0.2, 0.25) is 0 Å². The molecule has 0 aliphatic heterocycles. The van der Waals surface area contributed by atoms with Crippen LogP contribution in [0.25, 0.3) is 0 Å². The average molecular weight is 322 g/mol. The van der Waals surface area contributed by atoms with Crippen molar-refractivity contribution in [3.05, 3.63) is 35.4 Å². The molecule has 0 bridgehead atoms. The number of carbonyl (C=O) groups excluding carboxylic acids is 1. The molecule has 0 aromatic heterocycles. The molecule has 132 valence electrons. The standard InChI is InChI=1S/C16H26N2O2.C3H8/c1-5-14-7-9-15(10-8-14)13(3)18(6-2)12-11-17-16(19)20-4;1-3-2/h7-10,13H,5-6,11-12H2,1-4H3,(H,17,19);3H2,1-2H3. The van der Waals surface area contributed by atoms with E-state index in [0.717, 1.165) is 19.5 Å². The summed E-state index contributed by atoms with van der Waals surface area (Å²) in [5.74, 6) is 0. The Morgan fingerprint density at radius 2 is 1.74 bits per heavy atom. The number of benzene rings is 1. The third-order valence-corrected chi connectivity index (χ3v) is 3.68. The highest BCUT2D eigenvalue weighted by molar-refractivity contribution is 5.66. The van der Waals surface area contributed by atoms with Crippen molar-refractivity contribution in [2.75, 3.05) is 26.7 Å². The van der Waals surface area contributed by atoms with Crippen molar-refractivity contribution in [1.29, 1.82) is 0 Å². The molecule has 0 saturated carbocycles. The molecule has 4 nitrogen and oxygen atoms in total. The van der Waals surface area contributed by atoms with Gasteiger partial charge in [0.1, 0.15) is 0 Å². The molecule has 1 rings (SSSR count). The summed E-state index contributed by atoms with van der Waals surface area (Å²) in [6.07, 6.45) is 1.94. The third-order valence-electron chi connectivity index (χ3n) is 3.68. The molecule has 0 aliphatic carbocycles. The van der Waals surface area contributed by atoms with Gasteiger partial charge in [0.15, 0.2) is 0 Å². The van der Waals surface area contributed by atoms with Crippen molar-refractivity contribution < 1.29 is 9.53 Å². The normalized spacial score (nSPS) is 11.4. The number of amides is 1. The Hall–Kier alpha value is -1.55. The average Bonchev–Trinajstić information content (AvgIpc) is 2.58. The summed E-state index contributed by atoms with van der Waals surface area (Å²) in [6.45, 7) is 13.1. The Balaban J connectivity index is 0.00000149. The van der Waals surface area contributed by atoms with Crippen LogP contribution in [0.1, 0.15) is 58.2 Å². The van der Waals surface area contributed by atoms with E-state index in [1.807, 2.05) is 0 Å². The van der Waals surface area contributed by atoms with Crippen LogP contribution in [-0.2, 0) is 11.2 Å². The Labute approximate surface area is 142 Å². The summed E-state index contributed by atoms with van der Waals surface area (Å²) in [6, 6.07) is 9.10. The molecule has 0 aliphatic rings. The third kappa shape index (κ3) is 8.60. The fourth-order valence-electron chi connectivity index (χ4n) is 2.24. The minimum atomic E-state index is -0.374. The second-order valence-corrected chi connectivity index (χ2v) is 5.53. The number of hydrogen-bond acceptors (Lipinski definition) is 3. The van der Waals surface area contributed by atoms with Crippen molar-refractivity contribution in [2.24, 2.45) is 0 Å². The lowest BCUT2D eigenvalue weighted by atomic mass is 10.0. The van der Waals surface area contributed by atoms with Gasteiger partial charge in [-0.05, 0) is 31.0 Å². The van der Waals surface area contributed by atoms with E-state index in [-0.39, 0.29) is 6.09 Å². The van der Waals surface area contributed by atoms with Gasteiger partial charge in [-0.25, -0.2) is 4.79 Å². The minimum Gasteiger partial charge on any atom is -0.453 e. The van der Waals surface area contributed by atoms with Gasteiger partial charge < -0.3 is 10.1 Å². The van der Waals surface area contributed by atoms with Gasteiger partial charge in [-0.3, -0.25) is 4.90 Å². The van der Waals surface area contributed by atoms with Crippen molar-refractivity contribution in [3.63, 3.8) is 0 Å². The summed E-state index contributed by atoms with van der Waals surface area (Å²) in [5, 5.41) is 2.72. The molecule has 1 atom stereocenters. The van der Waals surface area contributed by atoms with E-state index in [0.29, 0.717) is 12.6 Å². The number of alkyl carbamates (subject to hydrolysis) is 1.